The van der Waals surface area contributed by atoms with Crippen molar-refractivity contribution in [2.45, 2.75) is 97.5 Å². The molecule has 0 fully saturated rings. The van der Waals surface area contributed by atoms with Crippen molar-refractivity contribution in [1.29, 1.82) is 0 Å². The maximum Gasteiger partial charge on any atom is 0.306 e. The first-order valence-electron chi connectivity index (χ1n) is 8.99. The van der Waals surface area contributed by atoms with E-state index >= 15 is 0 Å². The van der Waals surface area contributed by atoms with E-state index in [-0.39, 0.29) is 30.9 Å². The van der Waals surface area contributed by atoms with Crippen LogP contribution in [0.25, 0.3) is 0 Å². The van der Waals surface area contributed by atoms with Gasteiger partial charge in [0.05, 0.1) is 19.4 Å². The molecular formula is C18H34O4. The molecule has 0 aliphatic carbocycles. The first-order valence-corrected chi connectivity index (χ1v) is 8.99. The van der Waals surface area contributed by atoms with Gasteiger partial charge in [0.2, 0.25) is 0 Å². The lowest BCUT2D eigenvalue weighted by Crippen LogP contribution is -2.19. The highest BCUT2D eigenvalue weighted by atomic mass is 16.5. The van der Waals surface area contributed by atoms with Gasteiger partial charge in [0.15, 0.2) is 0 Å². The zero-order chi connectivity index (χ0) is 16.6. The summed E-state index contributed by atoms with van der Waals surface area (Å²) in [6, 6.07) is 0. The van der Waals surface area contributed by atoms with E-state index in [0.717, 1.165) is 51.4 Å². The number of unbranched alkanes of at least 4 members (excludes halogenated alkanes) is 4. The summed E-state index contributed by atoms with van der Waals surface area (Å²) in [5, 5.41) is 0. The van der Waals surface area contributed by atoms with Gasteiger partial charge in [-0.2, -0.15) is 0 Å². The van der Waals surface area contributed by atoms with Crippen LogP contribution in [-0.4, -0.2) is 24.6 Å². The van der Waals surface area contributed by atoms with Gasteiger partial charge >= 0.3 is 11.9 Å². The minimum absolute atomic E-state index is 0.00233. The molecule has 0 rings (SSSR count). The van der Waals surface area contributed by atoms with Crippen LogP contribution in [0.15, 0.2) is 0 Å². The Hall–Kier alpha value is -1.06. The summed E-state index contributed by atoms with van der Waals surface area (Å²) in [7, 11) is 0. The molecule has 130 valence electrons. The highest BCUT2D eigenvalue weighted by Gasteiger charge is 2.15. The van der Waals surface area contributed by atoms with Gasteiger partial charge in [-0.15, -0.1) is 0 Å². The number of ether oxygens (including phenoxy) is 2. The van der Waals surface area contributed by atoms with Crippen molar-refractivity contribution in [3.8, 4) is 0 Å². The predicted octanol–water partition coefficient (Wildman–Crippen LogP) is 4.79. The molecule has 0 aromatic carbocycles. The average Bonchev–Trinajstić information content (AvgIpc) is 2.50. The quantitative estimate of drug-likeness (QED) is 0.341. The Balaban J connectivity index is 3.78. The standard InChI is InChI=1S/C18H34O4/c1-4-7-9-10-15-21-17(19)13-14-18(20)22-16(11-6-3)12-8-5-2/h16H,4-15H2,1-3H3. The molecule has 0 saturated heterocycles. The van der Waals surface area contributed by atoms with E-state index in [9.17, 15) is 9.59 Å². The number of rotatable bonds is 14. The van der Waals surface area contributed by atoms with Gasteiger partial charge in [0, 0.05) is 0 Å². The molecular weight excluding hydrogens is 280 g/mol. The van der Waals surface area contributed by atoms with E-state index < -0.39 is 0 Å². The van der Waals surface area contributed by atoms with E-state index in [2.05, 4.69) is 20.8 Å². The first kappa shape index (κ1) is 20.9. The fraction of sp³-hybridized carbons (Fsp3) is 0.889. The molecule has 0 heterocycles. The van der Waals surface area contributed by atoms with Crippen LogP contribution in [0.1, 0.15) is 91.4 Å². The van der Waals surface area contributed by atoms with Crippen molar-refractivity contribution in [3.63, 3.8) is 0 Å². The van der Waals surface area contributed by atoms with E-state index in [4.69, 9.17) is 9.47 Å². The van der Waals surface area contributed by atoms with Crippen molar-refractivity contribution in [2.75, 3.05) is 6.61 Å². The zero-order valence-electron chi connectivity index (χ0n) is 14.7. The van der Waals surface area contributed by atoms with Crippen molar-refractivity contribution in [2.24, 2.45) is 0 Å². The molecule has 0 amide bonds. The van der Waals surface area contributed by atoms with Crippen LogP contribution in [0.5, 0.6) is 0 Å². The summed E-state index contributed by atoms with van der Waals surface area (Å²) in [6.07, 6.45) is 9.55. The largest absolute Gasteiger partial charge is 0.466 e. The third-order valence-electron chi connectivity index (χ3n) is 3.58. The molecule has 4 nitrogen and oxygen atoms in total. The van der Waals surface area contributed by atoms with Crippen LogP contribution in [-0.2, 0) is 19.1 Å². The van der Waals surface area contributed by atoms with Gasteiger partial charge < -0.3 is 9.47 Å². The van der Waals surface area contributed by atoms with Crippen LogP contribution in [0.2, 0.25) is 0 Å². The number of carbonyl (C=O) groups is 2. The minimum Gasteiger partial charge on any atom is -0.466 e. The fourth-order valence-electron chi connectivity index (χ4n) is 2.25. The first-order chi connectivity index (χ1) is 10.6. The van der Waals surface area contributed by atoms with Crippen LogP contribution in [0, 0.1) is 0 Å². The van der Waals surface area contributed by atoms with Crippen LogP contribution in [0.3, 0.4) is 0 Å². The highest BCUT2D eigenvalue weighted by Crippen LogP contribution is 2.12. The molecule has 22 heavy (non-hydrogen) atoms. The third kappa shape index (κ3) is 12.7. The van der Waals surface area contributed by atoms with Crippen LogP contribution in [0.4, 0.5) is 0 Å². The highest BCUT2D eigenvalue weighted by molar-refractivity contribution is 5.77. The Morgan fingerprint density at radius 3 is 2.09 bits per heavy atom. The molecule has 0 aromatic heterocycles. The summed E-state index contributed by atoms with van der Waals surface area (Å²) in [5.74, 6) is -0.577. The monoisotopic (exact) mass is 314 g/mol. The Kier molecular flexibility index (Phi) is 14.1. The van der Waals surface area contributed by atoms with E-state index in [1.807, 2.05) is 0 Å². The maximum atomic E-state index is 11.8. The molecule has 0 N–H and O–H groups in total. The van der Waals surface area contributed by atoms with Gasteiger partial charge in [-0.3, -0.25) is 9.59 Å². The summed E-state index contributed by atoms with van der Waals surface area (Å²) in [5.41, 5.74) is 0. The van der Waals surface area contributed by atoms with Crippen molar-refractivity contribution < 1.29 is 19.1 Å². The Bertz CT molecular complexity index is 289. The molecule has 1 atom stereocenters. The second kappa shape index (κ2) is 14.9. The lowest BCUT2D eigenvalue weighted by molar-refractivity contribution is -0.154. The third-order valence-corrected chi connectivity index (χ3v) is 3.58. The summed E-state index contributed by atoms with van der Waals surface area (Å²) in [6.45, 7) is 6.82. The Morgan fingerprint density at radius 1 is 0.773 bits per heavy atom. The van der Waals surface area contributed by atoms with Gasteiger partial charge in [-0.1, -0.05) is 59.3 Å². The molecule has 1 unspecified atom stereocenters. The molecule has 0 spiro atoms. The van der Waals surface area contributed by atoms with Gasteiger partial charge in [0.1, 0.15) is 6.10 Å². The average molecular weight is 314 g/mol. The second-order valence-corrected chi connectivity index (χ2v) is 5.82. The summed E-state index contributed by atoms with van der Waals surface area (Å²) in [4.78, 5) is 23.3. The number of carbonyl (C=O) groups excluding carboxylic acids is 2. The topological polar surface area (TPSA) is 52.6 Å². The Morgan fingerprint density at radius 2 is 1.45 bits per heavy atom. The van der Waals surface area contributed by atoms with Crippen LogP contribution < -0.4 is 0 Å². The normalized spacial score (nSPS) is 12.0. The number of hydrogen-bond acceptors (Lipinski definition) is 4. The fourth-order valence-corrected chi connectivity index (χ4v) is 2.25. The second-order valence-electron chi connectivity index (χ2n) is 5.82. The van der Waals surface area contributed by atoms with Gasteiger partial charge in [-0.25, -0.2) is 0 Å². The molecule has 0 radical (unpaired) electrons. The van der Waals surface area contributed by atoms with Crippen molar-refractivity contribution >= 4 is 11.9 Å². The Labute approximate surface area is 135 Å². The number of hydrogen-bond donors (Lipinski definition) is 0. The van der Waals surface area contributed by atoms with E-state index in [1.165, 1.54) is 6.42 Å². The van der Waals surface area contributed by atoms with Gasteiger partial charge in [0.25, 0.3) is 0 Å². The summed E-state index contributed by atoms with van der Waals surface area (Å²) < 4.78 is 10.6. The number of esters is 2. The smallest absolute Gasteiger partial charge is 0.306 e. The van der Waals surface area contributed by atoms with Gasteiger partial charge in [-0.05, 0) is 19.3 Å². The zero-order valence-corrected chi connectivity index (χ0v) is 14.7. The SMILES string of the molecule is CCCCCCOC(=O)CCC(=O)OC(CCC)CCCC. The van der Waals surface area contributed by atoms with Crippen LogP contribution >= 0.6 is 0 Å². The lowest BCUT2D eigenvalue weighted by atomic mass is 10.1. The molecule has 0 aromatic rings. The lowest BCUT2D eigenvalue weighted by Gasteiger charge is -2.16. The van der Waals surface area contributed by atoms with E-state index in [1.54, 1.807) is 0 Å². The predicted molar refractivity (Wildman–Crippen MR) is 88.6 cm³/mol. The molecule has 0 saturated carbocycles. The van der Waals surface area contributed by atoms with Crippen molar-refractivity contribution in [3.05, 3.63) is 0 Å². The molecule has 0 bridgehead atoms. The summed E-state index contributed by atoms with van der Waals surface area (Å²) >= 11 is 0. The molecule has 0 aliphatic heterocycles. The molecule has 4 heteroatoms. The van der Waals surface area contributed by atoms with E-state index in [0.29, 0.717) is 6.61 Å². The van der Waals surface area contributed by atoms with Crippen molar-refractivity contribution in [1.82, 2.24) is 0 Å². The molecule has 0 aliphatic rings. The minimum atomic E-state index is -0.297. The maximum absolute atomic E-state index is 11.8.